The van der Waals surface area contributed by atoms with Gasteiger partial charge in [-0.25, -0.2) is 0 Å². The molecule has 0 aliphatic carbocycles. The molecule has 0 aliphatic heterocycles. The monoisotopic (exact) mass is 328 g/mol. The van der Waals surface area contributed by atoms with E-state index in [2.05, 4.69) is 13.8 Å². The second kappa shape index (κ2) is 20.0. The van der Waals surface area contributed by atoms with Gasteiger partial charge in [0.05, 0.1) is 19.3 Å². The third kappa shape index (κ3) is 18.1. The van der Waals surface area contributed by atoms with Crippen LogP contribution in [-0.4, -0.2) is 24.4 Å². The van der Waals surface area contributed by atoms with Crippen LogP contribution in [0.25, 0.3) is 0 Å². The molecule has 0 fully saturated rings. The van der Waals surface area contributed by atoms with Gasteiger partial charge < -0.3 is 9.84 Å². The highest BCUT2D eigenvalue weighted by atomic mass is 16.5. The molecule has 0 aromatic carbocycles. The predicted molar refractivity (Wildman–Crippen MR) is 102 cm³/mol. The van der Waals surface area contributed by atoms with Gasteiger partial charge in [-0.2, -0.15) is 0 Å². The summed E-state index contributed by atoms with van der Waals surface area (Å²) < 4.78 is 5.60. The van der Waals surface area contributed by atoms with E-state index in [0.29, 0.717) is 12.7 Å². The van der Waals surface area contributed by atoms with Gasteiger partial charge >= 0.3 is 0 Å². The lowest BCUT2D eigenvalue weighted by Gasteiger charge is -2.15. The first-order chi connectivity index (χ1) is 11.3. The first-order valence-electron chi connectivity index (χ1n) is 10.6. The smallest absolute Gasteiger partial charge is 0.0701 e. The second-order valence-electron chi connectivity index (χ2n) is 7.01. The maximum Gasteiger partial charge on any atom is 0.0701 e. The summed E-state index contributed by atoms with van der Waals surface area (Å²) in [4.78, 5) is 0. The fourth-order valence-corrected chi connectivity index (χ4v) is 3.19. The van der Waals surface area contributed by atoms with E-state index in [9.17, 15) is 0 Å². The molecule has 0 saturated carbocycles. The Hall–Kier alpha value is -0.0800. The Kier molecular flexibility index (Phi) is 19.9. The Morgan fingerprint density at radius 3 is 1.48 bits per heavy atom. The lowest BCUT2D eigenvalue weighted by molar-refractivity contribution is 0.0208. The summed E-state index contributed by atoms with van der Waals surface area (Å²) in [6.07, 6.45) is 22.3. The number of hydrogen-bond acceptors (Lipinski definition) is 2. The van der Waals surface area contributed by atoms with Crippen LogP contribution in [0.4, 0.5) is 0 Å². The van der Waals surface area contributed by atoms with Gasteiger partial charge in [-0.05, 0) is 12.8 Å². The van der Waals surface area contributed by atoms with Crippen molar-refractivity contribution in [2.24, 2.45) is 0 Å². The summed E-state index contributed by atoms with van der Waals surface area (Å²) in [5.41, 5.74) is 0. The van der Waals surface area contributed by atoms with Crippen molar-refractivity contribution < 1.29 is 9.84 Å². The van der Waals surface area contributed by atoms with Crippen LogP contribution in [0.2, 0.25) is 0 Å². The van der Waals surface area contributed by atoms with E-state index in [1.54, 1.807) is 0 Å². The first-order valence-corrected chi connectivity index (χ1v) is 10.6. The van der Waals surface area contributed by atoms with Crippen LogP contribution < -0.4 is 0 Å². The zero-order valence-corrected chi connectivity index (χ0v) is 16.2. The molecule has 1 unspecified atom stereocenters. The van der Waals surface area contributed by atoms with Crippen LogP contribution in [0.5, 0.6) is 0 Å². The number of rotatable bonds is 19. The summed E-state index contributed by atoms with van der Waals surface area (Å²) in [5.74, 6) is 0. The second-order valence-corrected chi connectivity index (χ2v) is 7.01. The summed E-state index contributed by atoms with van der Waals surface area (Å²) in [6, 6.07) is 0. The summed E-state index contributed by atoms with van der Waals surface area (Å²) >= 11 is 0. The van der Waals surface area contributed by atoms with Gasteiger partial charge in [-0.3, -0.25) is 0 Å². The maximum atomic E-state index is 8.78. The minimum Gasteiger partial charge on any atom is -0.394 e. The van der Waals surface area contributed by atoms with Crippen LogP contribution in [0.3, 0.4) is 0 Å². The number of aliphatic hydroxyl groups is 1. The molecule has 0 aromatic rings. The molecule has 0 radical (unpaired) electrons. The highest BCUT2D eigenvalue weighted by molar-refractivity contribution is 4.56. The number of ether oxygens (including phenoxy) is 1. The Labute approximate surface area is 146 Å². The van der Waals surface area contributed by atoms with Gasteiger partial charge in [0, 0.05) is 0 Å². The zero-order valence-electron chi connectivity index (χ0n) is 16.2. The molecular weight excluding hydrogens is 284 g/mol. The maximum absolute atomic E-state index is 8.78. The molecule has 140 valence electrons. The van der Waals surface area contributed by atoms with Crippen molar-refractivity contribution in [2.75, 3.05) is 13.2 Å². The average Bonchev–Trinajstić information content (AvgIpc) is 2.57. The molecule has 0 aliphatic rings. The van der Waals surface area contributed by atoms with Crippen molar-refractivity contribution in [3.05, 3.63) is 0 Å². The highest BCUT2D eigenvalue weighted by Crippen LogP contribution is 2.15. The molecule has 0 aromatic heterocycles. The van der Waals surface area contributed by atoms with Gasteiger partial charge in [0.2, 0.25) is 0 Å². The molecular formula is C21H44O2. The van der Waals surface area contributed by atoms with Gasteiger partial charge in [-0.15, -0.1) is 0 Å². The highest BCUT2D eigenvalue weighted by Gasteiger charge is 2.05. The third-order valence-corrected chi connectivity index (χ3v) is 4.78. The first kappa shape index (κ1) is 22.9. The molecule has 0 bridgehead atoms. The van der Waals surface area contributed by atoms with E-state index in [1.807, 2.05) is 0 Å². The summed E-state index contributed by atoms with van der Waals surface area (Å²) in [6.45, 7) is 5.10. The normalized spacial score (nSPS) is 12.7. The molecule has 23 heavy (non-hydrogen) atoms. The van der Waals surface area contributed by atoms with E-state index >= 15 is 0 Å². The third-order valence-electron chi connectivity index (χ3n) is 4.78. The fourth-order valence-electron chi connectivity index (χ4n) is 3.19. The number of unbranched alkanes of at least 4 members (excludes halogenated alkanes) is 13. The summed E-state index contributed by atoms with van der Waals surface area (Å²) in [5, 5.41) is 8.78. The Balaban J connectivity index is 3.12. The topological polar surface area (TPSA) is 29.5 Å². The van der Waals surface area contributed by atoms with E-state index in [4.69, 9.17) is 9.84 Å². The number of aliphatic hydroxyl groups excluding tert-OH is 1. The lowest BCUT2D eigenvalue weighted by Crippen LogP contribution is -2.14. The lowest BCUT2D eigenvalue weighted by atomic mass is 10.0. The molecule has 0 rings (SSSR count). The standard InChI is InChI=1S/C21H44O2/c1-3-5-6-7-8-9-10-11-12-13-14-15-16-17-18-21(4-2)23-20-19-22/h21-22H,3-20H2,1-2H3. The van der Waals surface area contributed by atoms with Crippen molar-refractivity contribution >= 4 is 0 Å². The molecule has 1 N–H and O–H groups in total. The minimum absolute atomic E-state index is 0.148. The fraction of sp³-hybridized carbons (Fsp3) is 1.00. The molecule has 2 nitrogen and oxygen atoms in total. The molecule has 0 amide bonds. The van der Waals surface area contributed by atoms with E-state index in [0.717, 1.165) is 12.8 Å². The van der Waals surface area contributed by atoms with Crippen molar-refractivity contribution in [3.8, 4) is 0 Å². The van der Waals surface area contributed by atoms with Crippen molar-refractivity contribution in [1.29, 1.82) is 0 Å². The molecule has 1 atom stereocenters. The van der Waals surface area contributed by atoms with Crippen molar-refractivity contribution in [2.45, 2.75) is 123 Å². The van der Waals surface area contributed by atoms with Crippen molar-refractivity contribution in [1.82, 2.24) is 0 Å². The van der Waals surface area contributed by atoms with Crippen LogP contribution >= 0.6 is 0 Å². The van der Waals surface area contributed by atoms with E-state index < -0.39 is 0 Å². The van der Waals surface area contributed by atoms with Crippen LogP contribution in [-0.2, 0) is 4.74 Å². The Morgan fingerprint density at radius 1 is 0.652 bits per heavy atom. The molecule has 0 saturated heterocycles. The SMILES string of the molecule is CCCCCCCCCCCCCCCCC(CC)OCCO. The summed E-state index contributed by atoms with van der Waals surface area (Å²) in [7, 11) is 0. The Morgan fingerprint density at radius 2 is 1.09 bits per heavy atom. The molecule has 0 spiro atoms. The largest absolute Gasteiger partial charge is 0.394 e. The van der Waals surface area contributed by atoms with Crippen LogP contribution in [0, 0.1) is 0 Å². The average molecular weight is 329 g/mol. The minimum atomic E-state index is 0.148. The van der Waals surface area contributed by atoms with Crippen LogP contribution in [0.15, 0.2) is 0 Å². The zero-order chi connectivity index (χ0) is 17.0. The molecule has 2 heteroatoms. The van der Waals surface area contributed by atoms with Gasteiger partial charge in [0.15, 0.2) is 0 Å². The predicted octanol–water partition coefficient (Wildman–Crippen LogP) is 6.65. The van der Waals surface area contributed by atoms with Gasteiger partial charge in [0.1, 0.15) is 0 Å². The van der Waals surface area contributed by atoms with E-state index in [-0.39, 0.29) is 6.61 Å². The Bertz CT molecular complexity index is 206. The quantitative estimate of drug-likeness (QED) is 0.269. The van der Waals surface area contributed by atoms with Gasteiger partial charge in [0.25, 0.3) is 0 Å². The number of hydrogen-bond donors (Lipinski definition) is 1. The van der Waals surface area contributed by atoms with Gasteiger partial charge in [-0.1, -0.05) is 104 Å². The molecule has 0 heterocycles. The van der Waals surface area contributed by atoms with Crippen LogP contribution in [0.1, 0.15) is 117 Å². The van der Waals surface area contributed by atoms with Crippen molar-refractivity contribution in [3.63, 3.8) is 0 Å². The van der Waals surface area contributed by atoms with E-state index in [1.165, 1.54) is 89.9 Å².